The summed E-state index contributed by atoms with van der Waals surface area (Å²) in [5.74, 6) is 1.68. The SMILES string of the molecule is COc1cc(-c2nc3ccccc3c(=O)[nH]2)c(Br)cc1OC(C)C. The lowest BCUT2D eigenvalue weighted by Crippen LogP contribution is -2.10. The van der Waals surface area contributed by atoms with Crippen LogP contribution in [0.2, 0.25) is 0 Å². The fourth-order valence-electron chi connectivity index (χ4n) is 2.44. The first kappa shape index (κ1) is 16.5. The van der Waals surface area contributed by atoms with E-state index in [-0.39, 0.29) is 11.7 Å². The van der Waals surface area contributed by atoms with Crippen molar-refractivity contribution in [1.29, 1.82) is 0 Å². The zero-order chi connectivity index (χ0) is 17.3. The quantitative estimate of drug-likeness (QED) is 0.728. The number of para-hydroxylation sites is 1. The summed E-state index contributed by atoms with van der Waals surface area (Å²) in [4.78, 5) is 19.7. The van der Waals surface area contributed by atoms with Crippen molar-refractivity contribution < 1.29 is 9.47 Å². The highest BCUT2D eigenvalue weighted by Gasteiger charge is 2.15. The van der Waals surface area contributed by atoms with Gasteiger partial charge in [0.1, 0.15) is 5.82 Å². The van der Waals surface area contributed by atoms with Gasteiger partial charge < -0.3 is 14.5 Å². The number of nitrogens with one attached hydrogen (secondary N) is 1. The number of nitrogens with zero attached hydrogens (tertiary/aromatic N) is 1. The summed E-state index contributed by atoms with van der Waals surface area (Å²) in [6.45, 7) is 3.90. The van der Waals surface area contributed by atoms with Crippen LogP contribution in [0.5, 0.6) is 11.5 Å². The Bertz CT molecular complexity index is 951. The minimum Gasteiger partial charge on any atom is -0.493 e. The first-order valence-corrected chi connectivity index (χ1v) is 8.32. The van der Waals surface area contributed by atoms with E-state index in [0.29, 0.717) is 28.2 Å². The predicted molar refractivity (Wildman–Crippen MR) is 97.8 cm³/mol. The maximum Gasteiger partial charge on any atom is 0.259 e. The van der Waals surface area contributed by atoms with E-state index in [4.69, 9.17) is 9.47 Å². The number of aromatic nitrogens is 2. The maximum atomic E-state index is 12.3. The van der Waals surface area contributed by atoms with Gasteiger partial charge in [-0.1, -0.05) is 12.1 Å². The molecule has 0 aliphatic heterocycles. The van der Waals surface area contributed by atoms with E-state index < -0.39 is 0 Å². The highest BCUT2D eigenvalue weighted by atomic mass is 79.9. The first-order chi connectivity index (χ1) is 11.5. The Balaban J connectivity index is 2.17. The van der Waals surface area contributed by atoms with Crippen molar-refractivity contribution in [2.75, 3.05) is 7.11 Å². The monoisotopic (exact) mass is 388 g/mol. The second-order valence-corrected chi connectivity index (χ2v) is 6.44. The average Bonchev–Trinajstić information content (AvgIpc) is 2.54. The molecule has 24 heavy (non-hydrogen) atoms. The van der Waals surface area contributed by atoms with Gasteiger partial charge in [0, 0.05) is 10.0 Å². The Morgan fingerprint density at radius 1 is 1.17 bits per heavy atom. The topological polar surface area (TPSA) is 64.2 Å². The zero-order valence-corrected chi connectivity index (χ0v) is 15.2. The smallest absolute Gasteiger partial charge is 0.259 e. The zero-order valence-electron chi connectivity index (χ0n) is 13.6. The van der Waals surface area contributed by atoms with E-state index >= 15 is 0 Å². The van der Waals surface area contributed by atoms with Crippen LogP contribution in [-0.2, 0) is 0 Å². The van der Waals surface area contributed by atoms with Crippen molar-refractivity contribution in [1.82, 2.24) is 9.97 Å². The third kappa shape index (κ3) is 3.14. The summed E-state index contributed by atoms with van der Waals surface area (Å²) in [6.07, 6.45) is 0.0234. The molecule has 0 aliphatic rings. The molecule has 0 spiro atoms. The van der Waals surface area contributed by atoms with Gasteiger partial charge in [-0.05, 0) is 54.0 Å². The molecule has 5 nitrogen and oxygen atoms in total. The molecule has 0 aliphatic carbocycles. The maximum absolute atomic E-state index is 12.3. The van der Waals surface area contributed by atoms with E-state index in [2.05, 4.69) is 25.9 Å². The molecular weight excluding hydrogens is 372 g/mol. The molecular formula is C18H17BrN2O3. The number of halogens is 1. The van der Waals surface area contributed by atoms with Crippen LogP contribution >= 0.6 is 15.9 Å². The summed E-state index contributed by atoms with van der Waals surface area (Å²) in [7, 11) is 1.58. The highest BCUT2D eigenvalue weighted by molar-refractivity contribution is 9.10. The van der Waals surface area contributed by atoms with Crippen LogP contribution in [0.3, 0.4) is 0 Å². The molecule has 6 heteroatoms. The van der Waals surface area contributed by atoms with E-state index in [1.807, 2.05) is 38.1 Å². The highest BCUT2D eigenvalue weighted by Crippen LogP contribution is 2.38. The van der Waals surface area contributed by atoms with Crippen LogP contribution in [0.15, 0.2) is 45.7 Å². The fraction of sp³-hybridized carbons (Fsp3) is 0.222. The molecule has 3 rings (SSSR count). The van der Waals surface area contributed by atoms with Gasteiger partial charge in [0.2, 0.25) is 0 Å². The third-order valence-corrected chi connectivity index (χ3v) is 4.14. The van der Waals surface area contributed by atoms with Gasteiger partial charge in [-0.15, -0.1) is 0 Å². The number of hydrogen-bond donors (Lipinski definition) is 1. The van der Waals surface area contributed by atoms with E-state index in [1.54, 1.807) is 19.2 Å². The summed E-state index contributed by atoms with van der Waals surface area (Å²) in [5, 5.41) is 0.559. The normalized spacial score (nSPS) is 11.0. The standard InChI is InChI=1S/C18H17BrN2O3/c1-10(2)24-16-9-13(19)12(8-15(16)23-3)17-20-14-7-5-4-6-11(14)18(22)21-17/h4-10H,1-3H3,(H,20,21,22). The molecule has 1 heterocycles. The van der Waals surface area contributed by atoms with Gasteiger partial charge in [-0.25, -0.2) is 4.98 Å². The average molecular weight is 389 g/mol. The summed E-state index contributed by atoms with van der Waals surface area (Å²) in [5.41, 5.74) is 1.19. The Kier molecular flexibility index (Phi) is 4.57. The van der Waals surface area contributed by atoms with Crippen LogP contribution in [0.25, 0.3) is 22.3 Å². The van der Waals surface area contributed by atoms with Crippen molar-refractivity contribution in [3.8, 4) is 22.9 Å². The van der Waals surface area contributed by atoms with Crippen molar-refractivity contribution in [3.63, 3.8) is 0 Å². The van der Waals surface area contributed by atoms with E-state index in [9.17, 15) is 4.79 Å². The second-order valence-electron chi connectivity index (χ2n) is 5.58. The van der Waals surface area contributed by atoms with Gasteiger partial charge >= 0.3 is 0 Å². The minimum absolute atomic E-state index is 0.0234. The second kappa shape index (κ2) is 6.65. The number of ether oxygens (including phenoxy) is 2. The molecule has 0 radical (unpaired) electrons. The van der Waals surface area contributed by atoms with Crippen LogP contribution in [0.4, 0.5) is 0 Å². The van der Waals surface area contributed by atoms with Crippen LogP contribution in [0.1, 0.15) is 13.8 Å². The number of fused-ring (bicyclic) bond motifs is 1. The number of benzene rings is 2. The molecule has 0 fully saturated rings. The van der Waals surface area contributed by atoms with Crippen LogP contribution < -0.4 is 15.0 Å². The first-order valence-electron chi connectivity index (χ1n) is 7.53. The van der Waals surface area contributed by atoms with Gasteiger partial charge in [-0.2, -0.15) is 0 Å². The summed E-state index contributed by atoms with van der Waals surface area (Å²) < 4.78 is 11.9. The fourth-order valence-corrected chi connectivity index (χ4v) is 2.95. The molecule has 0 amide bonds. The summed E-state index contributed by atoms with van der Waals surface area (Å²) in [6, 6.07) is 10.9. The van der Waals surface area contributed by atoms with Crippen molar-refractivity contribution >= 4 is 26.8 Å². The molecule has 124 valence electrons. The number of methoxy groups -OCH3 is 1. The number of rotatable bonds is 4. The molecule has 2 aromatic carbocycles. The van der Waals surface area contributed by atoms with Gasteiger partial charge in [-0.3, -0.25) is 4.79 Å². The van der Waals surface area contributed by atoms with Crippen molar-refractivity contribution in [2.45, 2.75) is 20.0 Å². The lowest BCUT2D eigenvalue weighted by Gasteiger charge is -2.15. The predicted octanol–water partition coefficient (Wildman–Crippen LogP) is 4.15. The molecule has 3 aromatic rings. The van der Waals surface area contributed by atoms with Gasteiger partial charge in [0.15, 0.2) is 11.5 Å². The molecule has 1 aromatic heterocycles. The Morgan fingerprint density at radius 3 is 2.62 bits per heavy atom. The number of aromatic amines is 1. The van der Waals surface area contributed by atoms with Crippen molar-refractivity contribution in [2.24, 2.45) is 0 Å². The van der Waals surface area contributed by atoms with Crippen LogP contribution in [0, 0.1) is 0 Å². The molecule has 0 bridgehead atoms. The molecule has 0 unspecified atom stereocenters. The molecule has 0 saturated carbocycles. The summed E-state index contributed by atoms with van der Waals surface area (Å²) >= 11 is 3.53. The lowest BCUT2D eigenvalue weighted by atomic mass is 10.1. The number of hydrogen-bond acceptors (Lipinski definition) is 4. The van der Waals surface area contributed by atoms with E-state index in [1.165, 1.54) is 0 Å². The van der Waals surface area contributed by atoms with Crippen LogP contribution in [-0.4, -0.2) is 23.2 Å². The molecule has 0 atom stereocenters. The molecule has 0 saturated heterocycles. The minimum atomic E-state index is -0.177. The largest absolute Gasteiger partial charge is 0.493 e. The Labute approximate surface area is 147 Å². The number of H-pyrrole nitrogens is 1. The Hall–Kier alpha value is -2.34. The Morgan fingerprint density at radius 2 is 1.92 bits per heavy atom. The van der Waals surface area contributed by atoms with Gasteiger partial charge in [0.05, 0.1) is 24.1 Å². The third-order valence-electron chi connectivity index (χ3n) is 3.48. The van der Waals surface area contributed by atoms with Crippen molar-refractivity contribution in [3.05, 3.63) is 51.2 Å². The van der Waals surface area contributed by atoms with E-state index in [0.717, 1.165) is 10.0 Å². The van der Waals surface area contributed by atoms with Gasteiger partial charge in [0.25, 0.3) is 5.56 Å². The molecule has 1 N–H and O–H groups in total. The lowest BCUT2D eigenvalue weighted by molar-refractivity contribution is 0.230.